The van der Waals surface area contributed by atoms with Gasteiger partial charge in [0.05, 0.1) is 9.52 Å². The number of halogens is 2. The summed E-state index contributed by atoms with van der Waals surface area (Å²) in [5.74, 6) is 0. The number of hydrogen-bond donors (Lipinski definition) is 0. The molecule has 8 aromatic rings. The zero-order valence-corrected chi connectivity index (χ0v) is 44.7. The Hall–Kier alpha value is -3.78. The molecule has 2 radical (unpaired) electrons. The molecule has 8 aromatic carbocycles. The van der Waals surface area contributed by atoms with Crippen molar-refractivity contribution in [1.82, 2.24) is 0 Å². The number of benzene rings is 6. The molecule has 9 rings (SSSR count). The van der Waals surface area contributed by atoms with Crippen LogP contribution in [0, 0.1) is 6.07 Å². The van der Waals surface area contributed by atoms with Gasteiger partial charge in [-0.2, -0.15) is 41.6 Å². The van der Waals surface area contributed by atoms with Crippen molar-refractivity contribution < 1.29 is 20.8 Å². The van der Waals surface area contributed by atoms with Crippen LogP contribution in [0.1, 0.15) is 115 Å². The Morgan fingerprint density at radius 2 is 0.953 bits per heavy atom. The largest absolute Gasteiger partial charge is 0.184 e. The van der Waals surface area contributed by atoms with Crippen LogP contribution in [0.2, 0.25) is 0 Å². The Kier molecular flexibility index (Phi) is 17.5. The van der Waals surface area contributed by atoms with Crippen molar-refractivity contribution in [3.05, 3.63) is 179 Å². The summed E-state index contributed by atoms with van der Waals surface area (Å²) < 4.78 is 0. The predicted octanol–water partition coefficient (Wildman–Crippen LogP) is 16.6. The zero-order chi connectivity index (χ0) is 46.0. The Morgan fingerprint density at radius 3 is 1.39 bits per heavy atom. The molecule has 0 fully saturated rings. The summed E-state index contributed by atoms with van der Waals surface area (Å²) in [6.45, 7) is 22.9. The molecule has 0 nitrogen and oxygen atoms in total. The molecule has 330 valence electrons. The Balaban J connectivity index is 0.000000160. The van der Waals surface area contributed by atoms with Crippen LogP contribution in [-0.4, -0.2) is 9.52 Å². The number of fused-ring (bicyclic) bond motifs is 5. The van der Waals surface area contributed by atoms with Crippen molar-refractivity contribution in [3.8, 4) is 33.4 Å². The number of hydrogen-bond acceptors (Lipinski definition) is 0. The van der Waals surface area contributed by atoms with Gasteiger partial charge in [0.1, 0.15) is 0 Å². The van der Waals surface area contributed by atoms with Crippen molar-refractivity contribution in [2.24, 2.45) is 0 Å². The summed E-state index contributed by atoms with van der Waals surface area (Å²) in [6.07, 6.45) is 6.85. The van der Waals surface area contributed by atoms with Gasteiger partial charge in [-0.1, -0.05) is 188 Å². The molecule has 1 aliphatic rings. The summed E-state index contributed by atoms with van der Waals surface area (Å²) in [7, 11) is 10.7. The van der Waals surface area contributed by atoms with Gasteiger partial charge in [-0.25, -0.2) is 0 Å². The van der Waals surface area contributed by atoms with Crippen LogP contribution in [0.25, 0.3) is 54.9 Å². The fraction of sp³-hybridized carbons (Fsp3) is 0.300. The van der Waals surface area contributed by atoms with Crippen LogP contribution < -0.4 is 10.4 Å². The third kappa shape index (κ3) is 11.6. The zero-order valence-electron chi connectivity index (χ0n) is 39.8. The summed E-state index contributed by atoms with van der Waals surface area (Å²) in [5, 5.41) is 8.43. The van der Waals surface area contributed by atoms with Gasteiger partial charge in [-0.15, -0.1) is 74.6 Å². The predicted molar refractivity (Wildman–Crippen MR) is 282 cm³/mol. The van der Waals surface area contributed by atoms with Crippen molar-refractivity contribution in [2.45, 2.75) is 119 Å². The molecule has 0 aliphatic carbocycles. The summed E-state index contributed by atoms with van der Waals surface area (Å²) >= 11 is -0.826. The molecule has 0 unspecified atom stereocenters. The molecule has 0 spiro atoms. The maximum absolute atomic E-state index is 4.93. The van der Waals surface area contributed by atoms with Crippen LogP contribution in [0.3, 0.4) is 0 Å². The molecule has 0 aromatic heterocycles. The van der Waals surface area contributed by atoms with Crippen molar-refractivity contribution >= 4 is 58.5 Å². The van der Waals surface area contributed by atoms with E-state index in [9.17, 15) is 0 Å². The standard InChI is InChI=1S/2C24H29.C12H7Si.2ClH.Zr/c2*1-6-10-17-15-19-13-14-22(24(3,4)5)23(21(19)16-17)20-12-9-8-11-18(20)7-2;1-3-7-11-9(5-1)10-6-2-4-8-12(10)13-11;;;/h2*8-9,11-16H,6-7,10H2,1-5H3;1-7H;2*1H;/q3*-1;;;+2/p-2. The van der Waals surface area contributed by atoms with Gasteiger partial charge < -0.3 is 0 Å². The van der Waals surface area contributed by atoms with Crippen LogP contribution in [0.15, 0.2) is 140 Å². The number of aryl methyl sites for hydroxylation is 4. The van der Waals surface area contributed by atoms with Crippen molar-refractivity contribution in [3.63, 3.8) is 0 Å². The third-order valence-corrected chi connectivity index (χ3v) is 13.6. The first-order valence-electron chi connectivity index (χ1n) is 23.2. The van der Waals surface area contributed by atoms with Gasteiger partial charge in [-0.3, -0.25) is 0 Å². The second-order valence-corrected chi connectivity index (χ2v) is 24.0. The quantitative estimate of drug-likeness (QED) is 0.105. The molecule has 0 saturated heterocycles. The van der Waals surface area contributed by atoms with Gasteiger partial charge in [0, 0.05) is 0 Å². The normalized spacial score (nSPS) is 11.8. The molecule has 1 aliphatic heterocycles. The second-order valence-electron chi connectivity index (χ2n) is 18.9. The van der Waals surface area contributed by atoms with E-state index in [1.807, 2.05) is 6.07 Å². The second kappa shape index (κ2) is 22.6. The maximum Gasteiger partial charge on any atom is 0.0920 e. The Morgan fingerprint density at radius 1 is 0.531 bits per heavy atom. The molecule has 1 heterocycles. The Bertz CT molecular complexity index is 2580. The van der Waals surface area contributed by atoms with E-state index in [0.29, 0.717) is 0 Å². The molecule has 0 saturated carbocycles. The van der Waals surface area contributed by atoms with Crippen LogP contribution in [-0.2, 0) is 57.4 Å². The van der Waals surface area contributed by atoms with Crippen LogP contribution in [0.4, 0.5) is 0 Å². The molecule has 0 amide bonds. The van der Waals surface area contributed by atoms with E-state index in [-0.39, 0.29) is 10.8 Å². The van der Waals surface area contributed by atoms with E-state index in [1.54, 1.807) is 0 Å². The summed E-state index contributed by atoms with van der Waals surface area (Å²) in [4.78, 5) is 0. The van der Waals surface area contributed by atoms with Crippen molar-refractivity contribution in [1.29, 1.82) is 0 Å². The first kappa shape index (κ1) is 49.6. The molecule has 64 heavy (non-hydrogen) atoms. The van der Waals surface area contributed by atoms with Crippen molar-refractivity contribution in [2.75, 3.05) is 0 Å². The van der Waals surface area contributed by atoms with E-state index in [1.165, 1.54) is 112 Å². The molecule has 4 heteroatoms. The topological polar surface area (TPSA) is 0 Å². The molecular weight excluding hydrogens is 911 g/mol. The maximum atomic E-state index is 4.93. The minimum absolute atomic E-state index is 0.132. The van der Waals surface area contributed by atoms with E-state index in [4.69, 9.17) is 17.0 Å². The average Bonchev–Trinajstić information content (AvgIpc) is 4.01. The van der Waals surface area contributed by atoms with Gasteiger partial charge in [0.15, 0.2) is 0 Å². The first-order chi connectivity index (χ1) is 30.8. The fourth-order valence-corrected chi connectivity index (χ4v) is 10.6. The van der Waals surface area contributed by atoms with E-state index < -0.39 is 20.8 Å². The monoisotopic (exact) mass is 973 g/mol. The summed E-state index contributed by atoms with van der Waals surface area (Å²) in [6, 6.07) is 54.9. The minimum atomic E-state index is -0.826. The molecule has 0 N–H and O–H groups in total. The first-order valence-corrected chi connectivity index (χ1v) is 30.6. The molecule has 0 bridgehead atoms. The SMILES string of the molecule is CCCc1cc2c(-c3ccccc3CC)c(C(C)(C)C)ccc2[cH-]1.CCCc1cc2c(-c3ccccc3CC)c(C(C)(C)C)ccc2[cH-]1.[Cl][Zr][Cl].[c-]1cccc2c1[Si]c1ccccc1-2. The average molecular weight is 976 g/mol. The van der Waals surface area contributed by atoms with E-state index in [0.717, 1.165) is 35.2 Å². The van der Waals surface area contributed by atoms with Gasteiger partial charge in [-0.05, 0) is 58.8 Å². The smallest absolute Gasteiger partial charge is 0.0920 e. The third-order valence-electron chi connectivity index (χ3n) is 12.3. The minimum Gasteiger partial charge on any atom is -0.184 e. The molecule has 0 atom stereocenters. The van der Waals surface area contributed by atoms with E-state index in [2.05, 4.69) is 209 Å². The number of rotatable bonds is 8. The van der Waals surface area contributed by atoms with Gasteiger partial charge >= 0.3 is 37.9 Å². The van der Waals surface area contributed by atoms with Crippen LogP contribution in [0.5, 0.6) is 0 Å². The Labute approximate surface area is 407 Å². The van der Waals surface area contributed by atoms with Gasteiger partial charge in [0.2, 0.25) is 0 Å². The van der Waals surface area contributed by atoms with Gasteiger partial charge in [0.25, 0.3) is 0 Å². The fourth-order valence-electron chi connectivity index (χ4n) is 9.26. The molecular formula is C60H65Cl2SiZr-3. The summed E-state index contributed by atoms with van der Waals surface area (Å²) in [5.41, 5.74) is 17.4. The van der Waals surface area contributed by atoms with Crippen LogP contribution >= 0.6 is 17.0 Å². The van der Waals surface area contributed by atoms with E-state index >= 15 is 0 Å².